The van der Waals surface area contributed by atoms with Crippen molar-refractivity contribution in [3.63, 3.8) is 0 Å². The molecular formula is C17H35ClN3O3+. The summed E-state index contributed by atoms with van der Waals surface area (Å²) in [5.74, 6) is -0.128. The first kappa shape index (κ1) is 21.6. The number of aliphatic hydroxyl groups is 1. The standard InChI is InChI=1S/C17H33N3O3.ClH/c1-14(2)23-13-15(21)12-19-10-6-17(7-11-19,16(18)22)20-8-4-3-5-9-20;/h14-15,21H,3-13H2,1-2H3,(H2,18,22);1H/p+1. The van der Waals surface area contributed by atoms with E-state index in [-0.39, 0.29) is 30.0 Å². The fourth-order valence-corrected chi connectivity index (χ4v) is 4.16. The van der Waals surface area contributed by atoms with Crippen molar-refractivity contribution in [3.8, 4) is 0 Å². The summed E-state index contributed by atoms with van der Waals surface area (Å²) in [4.78, 5) is 15.0. The van der Waals surface area contributed by atoms with Crippen LogP contribution in [0.15, 0.2) is 0 Å². The minimum absolute atomic E-state index is 0. The Balaban J connectivity index is 0.00000288. The molecule has 0 spiro atoms. The molecule has 7 heteroatoms. The van der Waals surface area contributed by atoms with Crippen molar-refractivity contribution in [1.82, 2.24) is 0 Å². The van der Waals surface area contributed by atoms with Gasteiger partial charge in [-0.1, -0.05) is 0 Å². The lowest BCUT2D eigenvalue weighted by atomic mass is 9.83. The fraction of sp³-hybridized carbons (Fsp3) is 0.941. The minimum Gasteiger partial charge on any atom is -1.00 e. The number of carbonyl (C=O) groups is 1. The van der Waals surface area contributed by atoms with Gasteiger partial charge in [0.25, 0.3) is 5.91 Å². The predicted octanol–water partition coefficient (Wildman–Crippen LogP) is -5.25. The smallest absolute Gasteiger partial charge is 0.279 e. The van der Waals surface area contributed by atoms with E-state index < -0.39 is 6.10 Å². The Morgan fingerprint density at radius 2 is 1.75 bits per heavy atom. The Hall–Kier alpha value is -0.400. The Morgan fingerprint density at radius 3 is 2.25 bits per heavy atom. The quantitative estimate of drug-likeness (QED) is 0.364. The molecule has 6 nitrogen and oxygen atoms in total. The number of piperidine rings is 2. The van der Waals surface area contributed by atoms with Crippen molar-refractivity contribution in [2.75, 3.05) is 39.3 Å². The largest absolute Gasteiger partial charge is 1.00 e. The third kappa shape index (κ3) is 5.56. The number of hydrogen-bond acceptors (Lipinski definition) is 3. The first-order valence-electron chi connectivity index (χ1n) is 9.22. The van der Waals surface area contributed by atoms with Crippen LogP contribution in [0.5, 0.6) is 0 Å². The lowest BCUT2D eigenvalue weighted by molar-refractivity contribution is -0.974. The second-order valence-corrected chi connectivity index (χ2v) is 7.60. The van der Waals surface area contributed by atoms with E-state index in [0.717, 1.165) is 39.0 Å². The summed E-state index contributed by atoms with van der Waals surface area (Å²) in [7, 11) is 0. The van der Waals surface area contributed by atoms with Crippen LogP contribution in [0.3, 0.4) is 0 Å². The van der Waals surface area contributed by atoms with Gasteiger partial charge in [-0.05, 0) is 33.1 Å². The monoisotopic (exact) mass is 364 g/mol. The second kappa shape index (κ2) is 9.92. The molecule has 2 aliphatic rings. The number of quaternary nitrogens is 2. The molecular weight excluding hydrogens is 330 g/mol. The molecule has 0 aromatic rings. The van der Waals surface area contributed by atoms with Gasteiger partial charge in [-0.15, -0.1) is 0 Å². The number of amides is 1. The molecule has 2 aliphatic heterocycles. The molecule has 142 valence electrons. The number of primary amides is 1. The topological polar surface area (TPSA) is 81.4 Å². The van der Waals surface area contributed by atoms with E-state index in [1.54, 1.807) is 0 Å². The van der Waals surface area contributed by atoms with E-state index >= 15 is 0 Å². The molecule has 2 rings (SSSR count). The molecule has 0 aromatic carbocycles. The van der Waals surface area contributed by atoms with Gasteiger partial charge in [0, 0.05) is 0 Å². The van der Waals surface area contributed by atoms with Gasteiger partial charge in [0.15, 0.2) is 5.54 Å². The van der Waals surface area contributed by atoms with Gasteiger partial charge in [-0.2, -0.15) is 0 Å². The summed E-state index contributed by atoms with van der Waals surface area (Å²) < 4.78 is 5.48. The predicted molar refractivity (Wildman–Crippen MR) is 88.4 cm³/mol. The van der Waals surface area contributed by atoms with Crippen molar-refractivity contribution in [2.45, 2.75) is 63.7 Å². The van der Waals surface area contributed by atoms with Crippen molar-refractivity contribution < 1.29 is 36.8 Å². The summed E-state index contributed by atoms with van der Waals surface area (Å²) in [6, 6.07) is 0. The van der Waals surface area contributed by atoms with Gasteiger partial charge in [-0.25, -0.2) is 0 Å². The number of carbonyl (C=O) groups excluding carboxylic acids is 1. The summed E-state index contributed by atoms with van der Waals surface area (Å²) in [5.41, 5.74) is 5.45. The van der Waals surface area contributed by atoms with E-state index in [1.165, 1.54) is 29.1 Å². The number of aliphatic hydroxyl groups excluding tert-OH is 1. The average molecular weight is 365 g/mol. The van der Waals surface area contributed by atoms with Gasteiger partial charge in [0.1, 0.15) is 12.6 Å². The van der Waals surface area contributed by atoms with Crippen LogP contribution >= 0.6 is 0 Å². The lowest BCUT2D eigenvalue weighted by Crippen LogP contribution is -3.26. The number of ether oxygens (including phenoxy) is 1. The van der Waals surface area contributed by atoms with E-state index in [1.807, 2.05) is 13.8 Å². The number of halogens is 1. The summed E-state index contributed by atoms with van der Waals surface area (Å²) in [6.07, 6.45) is 5.06. The summed E-state index contributed by atoms with van der Waals surface area (Å²) in [6.45, 7) is 8.99. The van der Waals surface area contributed by atoms with Crippen LogP contribution in [0.1, 0.15) is 46.0 Å². The average Bonchev–Trinajstić information content (AvgIpc) is 2.54. The minimum atomic E-state index is -0.434. The molecule has 0 saturated carbocycles. The third-order valence-electron chi connectivity index (χ3n) is 5.56. The van der Waals surface area contributed by atoms with Gasteiger partial charge >= 0.3 is 0 Å². The molecule has 1 unspecified atom stereocenters. The third-order valence-corrected chi connectivity index (χ3v) is 5.56. The maximum absolute atomic E-state index is 12.2. The number of hydrogen-bond donors (Lipinski definition) is 4. The molecule has 1 atom stereocenters. The molecule has 24 heavy (non-hydrogen) atoms. The van der Waals surface area contributed by atoms with Gasteiger partial charge in [-0.3, -0.25) is 4.79 Å². The highest BCUT2D eigenvalue weighted by Gasteiger charge is 2.50. The Kier molecular flexibility index (Phi) is 8.95. The highest BCUT2D eigenvalue weighted by atomic mass is 35.5. The summed E-state index contributed by atoms with van der Waals surface area (Å²) >= 11 is 0. The van der Waals surface area contributed by atoms with E-state index in [2.05, 4.69) is 0 Å². The van der Waals surface area contributed by atoms with E-state index in [4.69, 9.17) is 10.5 Å². The zero-order valence-corrected chi connectivity index (χ0v) is 15.9. The number of nitrogens with one attached hydrogen (secondary N) is 2. The lowest BCUT2D eigenvalue weighted by Gasteiger charge is -2.44. The van der Waals surface area contributed by atoms with Crippen molar-refractivity contribution in [3.05, 3.63) is 0 Å². The zero-order valence-electron chi connectivity index (χ0n) is 15.2. The highest BCUT2D eigenvalue weighted by Crippen LogP contribution is 2.14. The molecule has 2 fully saturated rings. The van der Waals surface area contributed by atoms with Gasteiger partial charge < -0.3 is 37.8 Å². The van der Waals surface area contributed by atoms with Crippen molar-refractivity contribution >= 4 is 5.91 Å². The molecule has 5 N–H and O–H groups in total. The van der Waals surface area contributed by atoms with Crippen LogP contribution in [-0.2, 0) is 9.53 Å². The van der Waals surface area contributed by atoms with Crippen molar-refractivity contribution in [2.24, 2.45) is 5.73 Å². The van der Waals surface area contributed by atoms with Crippen LogP contribution in [0.2, 0.25) is 0 Å². The normalized spacial score (nSPS) is 29.9. The first-order chi connectivity index (χ1) is 10.9. The molecule has 0 aromatic heterocycles. The molecule has 2 heterocycles. The van der Waals surface area contributed by atoms with Crippen LogP contribution in [0.25, 0.3) is 0 Å². The maximum atomic E-state index is 12.2. The maximum Gasteiger partial charge on any atom is 0.279 e. The van der Waals surface area contributed by atoms with Gasteiger partial charge in [0.2, 0.25) is 0 Å². The second-order valence-electron chi connectivity index (χ2n) is 7.60. The van der Waals surface area contributed by atoms with Crippen LogP contribution in [0.4, 0.5) is 0 Å². The van der Waals surface area contributed by atoms with Gasteiger partial charge in [0.05, 0.1) is 51.7 Å². The summed E-state index contributed by atoms with van der Waals surface area (Å²) in [5, 5.41) is 10.1. The highest BCUT2D eigenvalue weighted by molar-refractivity contribution is 5.83. The molecule has 2 saturated heterocycles. The zero-order chi connectivity index (χ0) is 16.9. The van der Waals surface area contributed by atoms with E-state index in [9.17, 15) is 9.90 Å². The van der Waals surface area contributed by atoms with E-state index in [0.29, 0.717) is 13.2 Å². The Labute approximate surface area is 152 Å². The fourth-order valence-electron chi connectivity index (χ4n) is 4.16. The molecule has 0 radical (unpaired) electrons. The number of likely N-dealkylation sites (tertiary alicyclic amines) is 2. The number of nitrogens with two attached hydrogens (primary N) is 1. The van der Waals surface area contributed by atoms with Crippen molar-refractivity contribution in [1.29, 1.82) is 0 Å². The number of rotatable bonds is 7. The Morgan fingerprint density at radius 1 is 1.17 bits per heavy atom. The van der Waals surface area contributed by atoms with Crippen LogP contribution in [-0.4, -0.2) is 68.1 Å². The molecule has 0 bridgehead atoms. The molecule has 0 aliphatic carbocycles. The van der Waals surface area contributed by atoms with Crippen LogP contribution < -0.4 is 27.9 Å². The first-order valence-corrected chi connectivity index (χ1v) is 9.22. The van der Waals surface area contributed by atoms with Crippen LogP contribution in [0, 0.1) is 0 Å². The molecule has 1 amide bonds. The SMILES string of the molecule is CC(C)OCC(O)C[NH+]1CCC(C(N)=O)([NH+]2CCCCC2)CC1.[Cl-]. The Bertz CT molecular complexity index is 381.